The van der Waals surface area contributed by atoms with Crippen molar-refractivity contribution in [2.24, 2.45) is 0 Å². The molecule has 1 aliphatic rings. The topological polar surface area (TPSA) is 81.0 Å². The number of anilines is 1. The molecule has 0 saturated carbocycles. The first-order chi connectivity index (χ1) is 15.6. The standard InChI is InChI=1S/C23H26N4O4S/c1-3-31-21-9-4-17(14-22(21)30-2)23-24-18(16-32-23)15-25-10-12-26(13-11-25)19-5-7-20(8-6-19)27(28)29/h4-9,14,16H,3,10-13,15H2,1-2H3. The van der Waals surface area contributed by atoms with E-state index in [-0.39, 0.29) is 10.6 Å². The van der Waals surface area contributed by atoms with Gasteiger partial charge >= 0.3 is 0 Å². The van der Waals surface area contributed by atoms with E-state index in [1.807, 2.05) is 37.3 Å². The Morgan fingerprint density at radius 3 is 2.50 bits per heavy atom. The van der Waals surface area contributed by atoms with Crippen LogP contribution in [0.25, 0.3) is 10.6 Å². The van der Waals surface area contributed by atoms with Gasteiger partial charge in [0, 0.05) is 61.5 Å². The van der Waals surface area contributed by atoms with Gasteiger partial charge in [0.25, 0.3) is 5.69 Å². The number of aromatic nitrogens is 1. The highest BCUT2D eigenvalue weighted by Gasteiger charge is 2.19. The Kier molecular flexibility index (Phi) is 6.87. The van der Waals surface area contributed by atoms with E-state index in [2.05, 4.69) is 15.2 Å². The molecule has 168 valence electrons. The van der Waals surface area contributed by atoms with E-state index < -0.39 is 0 Å². The summed E-state index contributed by atoms with van der Waals surface area (Å²) >= 11 is 1.63. The first-order valence-electron chi connectivity index (χ1n) is 10.5. The molecule has 0 aliphatic carbocycles. The van der Waals surface area contributed by atoms with Crippen molar-refractivity contribution in [2.45, 2.75) is 13.5 Å². The maximum absolute atomic E-state index is 10.8. The van der Waals surface area contributed by atoms with Crippen molar-refractivity contribution in [3.8, 4) is 22.1 Å². The Bertz CT molecular complexity index is 1060. The van der Waals surface area contributed by atoms with Crippen LogP contribution in [0, 0.1) is 10.1 Å². The van der Waals surface area contributed by atoms with Crippen LogP contribution in [0.1, 0.15) is 12.6 Å². The number of nitrogens with zero attached hydrogens (tertiary/aromatic N) is 4. The van der Waals surface area contributed by atoms with Crippen LogP contribution < -0.4 is 14.4 Å². The lowest BCUT2D eigenvalue weighted by molar-refractivity contribution is -0.384. The molecule has 2 heterocycles. The SMILES string of the molecule is CCOc1ccc(-c2nc(CN3CCN(c4ccc([N+](=O)[O-])cc4)CC3)cs2)cc1OC. The third-order valence-electron chi connectivity index (χ3n) is 5.45. The number of non-ortho nitro benzene ring substituents is 1. The second-order valence-electron chi connectivity index (χ2n) is 7.48. The number of nitro groups is 1. The average Bonchev–Trinajstić information content (AvgIpc) is 3.28. The fourth-order valence-corrected chi connectivity index (χ4v) is 4.57. The number of thiazole rings is 1. The van der Waals surface area contributed by atoms with Crippen LogP contribution in [0.5, 0.6) is 11.5 Å². The molecule has 1 aliphatic heterocycles. The molecule has 0 unspecified atom stereocenters. The molecular weight excluding hydrogens is 428 g/mol. The maximum atomic E-state index is 10.8. The van der Waals surface area contributed by atoms with E-state index in [0.29, 0.717) is 12.4 Å². The molecule has 0 atom stereocenters. The Labute approximate surface area is 191 Å². The molecule has 4 rings (SSSR count). The molecule has 9 heteroatoms. The quantitative estimate of drug-likeness (QED) is 0.367. The number of hydrogen-bond acceptors (Lipinski definition) is 8. The van der Waals surface area contributed by atoms with Crippen LogP contribution in [0.2, 0.25) is 0 Å². The van der Waals surface area contributed by atoms with Gasteiger partial charge in [-0.2, -0.15) is 0 Å². The Morgan fingerprint density at radius 2 is 1.84 bits per heavy atom. The molecule has 3 aromatic rings. The summed E-state index contributed by atoms with van der Waals surface area (Å²) < 4.78 is 11.1. The predicted molar refractivity (Wildman–Crippen MR) is 126 cm³/mol. The number of piperazine rings is 1. The van der Waals surface area contributed by atoms with Crippen LogP contribution in [-0.4, -0.2) is 54.7 Å². The summed E-state index contributed by atoms with van der Waals surface area (Å²) in [6.07, 6.45) is 0. The highest BCUT2D eigenvalue weighted by Crippen LogP contribution is 2.34. The van der Waals surface area contributed by atoms with E-state index in [0.717, 1.165) is 60.4 Å². The summed E-state index contributed by atoms with van der Waals surface area (Å²) in [7, 11) is 1.64. The van der Waals surface area contributed by atoms with Gasteiger partial charge in [-0.3, -0.25) is 15.0 Å². The molecule has 1 fully saturated rings. The van der Waals surface area contributed by atoms with E-state index in [4.69, 9.17) is 14.5 Å². The summed E-state index contributed by atoms with van der Waals surface area (Å²) in [5.74, 6) is 1.45. The van der Waals surface area contributed by atoms with Crippen LogP contribution >= 0.6 is 11.3 Å². The van der Waals surface area contributed by atoms with Gasteiger partial charge in [0.2, 0.25) is 0 Å². The smallest absolute Gasteiger partial charge is 0.269 e. The Hall–Kier alpha value is -3.17. The highest BCUT2D eigenvalue weighted by atomic mass is 32.1. The number of nitro benzene ring substituents is 1. The van der Waals surface area contributed by atoms with Gasteiger partial charge in [-0.05, 0) is 37.3 Å². The van der Waals surface area contributed by atoms with Gasteiger partial charge in [-0.1, -0.05) is 0 Å². The van der Waals surface area contributed by atoms with Crippen molar-refractivity contribution in [3.05, 3.63) is 63.7 Å². The number of ether oxygens (including phenoxy) is 2. The lowest BCUT2D eigenvalue weighted by Crippen LogP contribution is -2.46. The third-order valence-corrected chi connectivity index (χ3v) is 6.39. The second-order valence-corrected chi connectivity index (χ2v) is 8.34. The van der Waals surface area contributed by atoms with Crippen LogP contribution in [0.3, 0.4) is 0 Å². The summed E-state index contributed by atoms with van der Waals surface area (Å²) in [5.41, 5.74) is 3.22. The van der Waals surface area contributed by atoms with Crippen molar-refractivity contribution >= 4 is 22.7 Å². The first-order valence-corrected chi connectivity index (χ1v) is 11.4. The number of methoxy groups -OCH3 is 1. The Morgan fingerprint density at radius 1 is 1.09 bits per heavy atom. The van der Waals surface area contributed by atoms with Crippen molar-refractivity contribution < 1.29 is 14.4 Å². The van der Waals surface area contributed by atoms with Crippen LogP contribution in [0.4, 0.5) is 11.4 Å². The normalized spacial score (nSPS) is 14.4. The fourth-order valence-electron chi connectivity index (χ4n) is 3.77. The molecule has 0 N–H and O–H groups in total. The molecule has 1 aromatic heterocycles. The zero-order valence-electron chi connectivity index (χ0n) is 18.2. The van der Waals surface area contributed by atoms with Crippen molar-refractivity contribution in [3.63, 3.8) is 0 Å². The predicted octanol–water partition coefficient (Wildman–Crippen LogP) is 4.45. The van der Waals surface area contributed by atoms with Gasteiger partial charge < -0.3 is 14.4 Å². The molecule has 0 radical (unpaired) electrons. The molecule has 32 heavy (non-hydrogen) atoms. The van der Waals surface area contributed by atoms with Gasteiger partial charge in [0.05, 0.1) is 24.3 Å². The number of hydrogen-bond donors (Lipinski definition) is 0. The van der Waals surface area contributed by atoms with E-state index in [9.17, 15) is 10.1 Å². The maximum Gasteiger partial charge on any atom is 0.269 e. The minimum atomic E-state index is -0.368. The van der Waals surface area contributed by atoms with Gasteiger partial charge in [0.1, 0.15) is 5.01 Å². The van der Waals surface area contributed by atoms with Gasteiger partial charge in [-0.15, -0.1) is 11.3 Å². The van der Waals surface area contributed by atoms with E-state index in [1.165, 1.54) is 0 Å². The first kappa shape index (κ1) is 22.0. The van der Waals surface area contributed by atoms with Crippen molar-refractivity contribution in [1.29, 1.82) is 0 Å². The molecule has 8 nitrogen and oxygen atoms in total. The zero-order chi connectivity index (χ0) is 22.5. The lowest BCUT2D eigenvalue weighted by atomic mass is 10.2. The van der Waals surface area contributed by atoms with E-state index >= 15 is 0 Å². The monoisotopic (exact) mass is 454 g/mol. The molecule has 0 spiro atoms. The Balaban J connectivity index is 1.35. The number of rotatable bonds is 8. The van der Waals surface area contributed by atoms with Gasteiger partial charge in [-0.25, -0.2) is 4.98 Å². The molecule has 2 aromatic carbocycles. The molecule has 0 amide bonds. The van der Waals surface area contributed by atoms with Gasteiger partial charge in [0.15, 0.2) is 11.5 Å². The van der Waals surface area contributed by atoms with Crippen LogP contribution in [-0.2, 0) is 6.54 Å². The summed E-state index contributed by atoms with van der Waals surface area (Å²) in [5, 5.41) is 13.9. The fraction of sp³-hybridized carbons (Fsp3) is 0.348. The molecule has 1 saturated heterocycles. The average molecular weight is 455 g/mol. The summed E-state index contributed by atoms with van der Waals surface area (Å²) in [4.78, 5) is 20.0. The summed E-state index contributed by atoms with van der Waals surface area (Å²) in [6, 6.07) is 12.7. The van der Waals surface area contributed by atoms with Crippen molar-refractivity contribution in [2.75, 3.05) is 44.8 Å². The number of benzene rings is 2. The third kappa shape index (κ3) is 5.00. The van der Waals surface area contributed by atoms with Crippen molar-refractivity contribution in [1.82, 2.24) is 9.88 Å². The zero-order valence-corrected chi connectivity index (χ0v) is 19.0. The molecular formula is C23H26N4O4S. The lowest BCUT2D eigenvalue weighted by Gasteiger charge is -2.35. The molecule has 0 bridgehead atoms. The highest BCUT2D eigenvalue weighted by molar-refractivity contribution is 7.13. The summed E-state index contributed by atoms with van der Waals surface area (Å²) in [6.45, 7) is 6.94. The minimum Gasteiger partial charge on any atom is -0.493 e. The second kappa shape index (κ2) is 9.97. The minimum absolute atomic E-state index is 0.122. The largest absolute Gasteiger partial charge is 0.493 e. The van der Waals surface area contributed by atoms with E-state index in [1.54, 1.807) is 30.6 Å². The van der Waals surface area contributed by atoms with Crippen LogP contribution in [0.15, 0.2) is 47.8 Å².